The number of hydrogen-bond acceptors (Lipinski definition) is 5. The fourth-order valence-electron chi connectivity index (χ4n) is 3.98. The van der Waals surface area contributed by atoms with Crippen molar-refractivity contribution >= 4 is 12.4 Å². The topological polar surface area (TPSA) is 56.1 Å². The Morgan fingerprint density at radius 1 is 0.475 bits per heavy atom. The number of pyridine rings is 1. The first kappa shape index (κ1) is 26.6. The van der Waals surface area contributed by atoms with Gasteiger partial charge in [-0.25, -0.2) is 0 Å². The van der Waals surface area contributed by atoms with Crippen molar-refractivity contribution < 1.29 is 9.47 Å². The van der Waals surface area contributed by atoms with E-state index in [1.807, 2.05) is 116 Å². The van der Waals surface area contributed by atoms with Gasteiger partial charge < -0.3 is 9.47 Å². The van der Waals surface area contributed by atoms with Crippen molar-refractivity contribution in [3.8, 4) is 11.5 Å². The van der Waals surface area contributed by atoms with Crippen molar-refractivity contribution in [3.05, 3.63) is 161 Å². The molecule has 5 heteroatoms. The van der Waals surface area contributed by atoms with Gasteiger partial charge in [0.1, 0.15) is 24.7 Å². The highest BCUT2D eigenvalue weighted by molar-refractivity contribution is 5.80. The predicted molar refractivity (Wildman–Crippen MR) is 161 cm³/mol. The van der Waals surface area contributed by atoms with E-state index in [-0.39, 0.29) is 0 Å². The lowest BCUT2D eigenvalue weighted by Gasteiger charge is -2.09. The van der Waals surface area contributed by atoms with Crippen LogP contribution in [0.25, 0.3) is 0 Å². The Morgan fingerprint density at radius 2 is 0.900 bits per heavy atom. The third-order valence-corrected chi connectivity index (χ3v) is 6.11. The SMILES string of the molecule is C(=NCc1ccccc1)c1ccc(OCc2cccc(COc3ccc(C=NCc4ccccc4)cc3)n2)cc1. The van der Waals surface area contributed by atoms with Crippen molar-refractivity contribution in [1.82, 2.24) is 4.98 Å². The highest BCUT2D eigenvalue weighted by atomic mass is 16.5. The van der Waals surface area contributed by atoms with E-state index in [4.69, 9.17) is 9.47 Å². The number of ether oxygens (including phenoxy) is 2. The molecule has 5 rings (SSSR count). The van der Waals surface area contributed by atoms with Gasteiger partial charge in [-0.05, 0) is 82.9 Å². The van der Waals surface area contributed by atoms with Gasteiger partial charge in [0.25, 0.3) is 0 Å². The average molecular weight is 526 g/mol. The Hall–Kier alpha value is -5.03. The molecule has 0 N–H and O–H groups in total. The average Bonchev–Trinajstić information content (AvgIpc) is 3.02. The van der Waals surface area contributed by atoms with Gasteiger partial charge in [-0.3, -0.25) is 15.0 Å². The van der Waals surface area contributed by atoms with E-state index in [0.717, 1.165) is 34.0 Å². The summed E-state index contributed by atoms with van der Waals surface area (Å²) in [5.74, 6) is 1.58. The van der Waals surface area contributed by atoms with Crippen LogP contribution in [0.5, 0.6) is 11.5 Å². The van der Waals surface area contributed by atoms with Gasteiger partial charge in [0.05, 0.1) is 24.5 Å². The summed E-state index contributed by atoms with van der Waals surface area (Å²) in [6.45, 7) is 2.10. The van der Waals surface area contributed by atoms with Crippen LogP contribution in [-0.4, -0.2) is 17.4 Å². The molecular formula is C35H31N3O2. The first-order valence-electron chi connectivity index (χ1n) is 13.3. The van der Waals surface area contributed by atoms with Gasteiger partial charge in [-0.15, -0.1) is 0 Å². The molecule has 0 unspecified atom stereocenters. The zero-order valence-corrected chi connectivity index (χ0v) is 22.3. The summed E-state index contributed by atoms with van der Waals surface area (Å²) in [6.07, 6.45) is 3.77. The molecule has 5 aromatic rings. The summed E-state index contributed by atoms with van der Waals surface area (Å²) in [7, 11) is 0. The van der Waals surface area contributed by atoms with Crippen LogP contribution in [0.15, 0.2) is 137 Å². The van der Waals surface area contributed by atoms with Crippen LogP contribution in [0.3, 0.4) is 0 Å². The van der Waals surface area contributed by atoms with Crippen molar-refractivity contribution in [2.45, 2.75) is 26.3 Å². The number of nitrogens with zero attached hydrogens (tertiary/aromatic N) is 3. The zero-order valence-electron chi connectivity index (χ0n) is 22.3. The molecule has 0 atom stereocenters. The Kier molecular flexibility index (Phi) is 9.44. The molecule has 0 aliphatic rings. The minimum atomic E-state index is 0.381. The summed E-state index contributed by atoms with van der Waals surface area (Å²) in [5.41, 5.74) is 6.15. The fraction of sp³-hybridized carbons (Fsp3) is 0.114. The Balaban J connectivity index is 1.06. The number of rotatable bonds is 12. The van der Waals surface area contributed by atoms with E-state index in [9.17, 15) is 0 Å². The van der Waals surface area contributed by atoms with Crippen LogP contribution >= 0.6 is 0 Å². The molecule has 0 radical (unpaired) electrons. The molecule has 4 aromatic carbocycles. The second kappa shape index (κ2) is 14.2. The third kappa shape index (κ3) is 8.50. The Bertz CT molecular complexity index is 1400. The van der Waals surface area contributed by atoms with Crippen LogP contribution in [-0.2, 0) is 26.3 Å². The first-order valence-corrected chi connectivity index (χ1v) is 13.3. The van der Waals surface area contributed by atoms with Crippen LogP contribution in [0.2, 0.25) is 0 Å². The molecule has 0 amide bonds. The van der Waals surface area contributed by atoms with Crippen LogP contribution in [0.1, 0.15) is 33.6 Å². The van der Waals surface area contributed by atoms with Crippen LogP contribution in [0.4, 0.5) is 0 Å². The molecule has 0 aliphatic carbocycles. The second-order valence-electron chi connectivity index (χ2n) is 9.25. The van der Waals surface area contributed by atoms with Crippen molar-refractivity contribution in [3.63, 3.8) is 0 Å². The van der Waals surface area contributed by atoms with Gasteiger partial charge in [0.15, 0.2) is 0 Å². The molecule has 5 nitrogen and oxygen atoms in total. The maximum absolute atomic E-state index is 5.95. The highest BCUT2D eigenvalue weighted by Crippen LogP contribution is 2.16. The van der Waals surface area contributed by atoms with Gasteiger partial charge in [0.2, 0.25) is 0 Å². The highest BCUT2D eigenvalue weighted by Gasteiger charge is 2.02. The molecule has 0 spiro atoms. The van der Waals surface area contributed by atoms with E-state index < -0.39 is 0 Å². The summed E-state index contributed by atoms with van der Waals surface area (Å²) in [6, 6.07) is 42.1. The van der Waals surface area contributed by atoms with E-state index >= 15 is 0 Å². The van der Waals surface area contributed by atoms with Crippen molar-refractivity contribution in [2.24, 2.45) is 9.98 Å². The molecule has 0 aliphatic heterocycles. The summed E-state index contributed by atoms with van der Waals surface area (Å²) in [4.78, 5) is 13.7. The first-order chi connectivity index (χ1) is 19.8. The third-order valence-electron chi connectivity index (χ3n) is 6.11. The normalized spacial score (nSPS) is 11.2. The smallest absolute Gasteiger partial charge is 0.130 e. The van der Waals surface area contributed by atoms with Gasteiger partial charge in [-0.1, -0.05) is 66.7 Å². The quantitative estimate of drug-likeness (QED) is 0.159. The number of benzene rings is 4. The molecule has 0 saturated carbocycles. The van der Waals surface area contributed by atoms with Gasteiger partial charge in [0, 0.05) is 12.4 Å². The van der Waals surface area contributed by atoms with E-state index in [0.29, 0.717) is 26.3 Å². The Labute approximate surface area is 235 Å². The van der Waals surface area contributed by atoms with Crippen molar-refractivity contribution in [2.75, 3.05) is 0 Å². The number of aliphatic imine (C=N–C) groups is 2. The van der Waals surface area contributed by atoms with E-state index in [2.05, 4.69) is 39.2 Å². The minimum absolute atomic E-state index is 0.381. The largest absolute Gasteiger partial charge is 0.487 e. The molecule has 0 bridgehead atoms. The lowest BCUT2D eigenvalue weighted by Crippen LogP contribution is -2.03. The Morgan fingerprint density at radius 3 is 1.32 bits per heavy atom. The number of hydrogen-bond donors (Lipinski definition) is 0. The summed E-state index contributed by atoms with van der Waals surface area (Å²) in [5, 5.41) is 0. The molecule has 0 fully saturated rings. The molecule has 0 saturated heterocycles. The summed E-state index contributed by atoms with van der Waals surface area (Å²) >= 11 is 0. The maximum atomic E-state index is 5.95. The van der Waals surface area contributed by atoms with Crippen LogP contribution in [0, 0.1) is 0 Å². The predicted octanol–water partition coefficient (Wildman–Crippen LogP) is 7.48. The lowest BCUT2D eigenvalue weighted by molar-refractivity contribution is 0.290. The van der Waals surface area contributed by atoms with Gasteiger partial charge in [-0.2, -0.15) is 0 Å². The fourth-order valence-corrected chi connectivity index (χ4v) is 3.98. The molecule has 1 heterocycles. The minimum Gasteiger partial charge on any atom is -0.487 e. The van der Waals surface area contributed by atoms with Crippen molar-refractivity contribution in [1.29, 1.82) is 0 Å². The summed E-state index contributed by atoms with van der Waals surface area (Å²) < 4.78 is 11.9. The molecule has 1 aromatic heterocycles. The van der Waals surface area contributed by atoms with Crippen LogP contribution < -0.4 is 9.47 Å². The second-order valence-corrected chi connectivity index (χ2v) is 9.25. The van der Waals surface area contributed by atoms with Gasteiger partial charge >= 0.3 is 0 Å². The lowest BCUT2D eigenvalue weighted by atomic mass is 10.2. The number of aromatic nitrogens is 1. The monoisotopic (exact) mass is 525 g/mol. The van der Waals surface area contributed by atoms with E-state index in [1.54, 1.807) is 0 Å². The maximum Gasteiger partial charge on any atom is 0.130 e. The molecular weight excluding hydrogens is 494 g/mol. The molecule has 198 valence electrons. The van der Waals surface area contributed by atoms with E-state index in [1.165, 1.54) is 11.1 Å². The molecule has 40 heavy (non-hydrogen) atoms. The zero-order chi connectivity index (χ0) is 27.2. The standard InChI is InChI=1S/C35H31N3O2/c1-3-8-28(9-4-1)22-36-24-30-14-18-34(19-15-30)39-26-32-12-7-13-33(38-32)27-40-35-20-16-31(17-21-35)25-37-23-29-10-5-2-6-11-29/h1-21,24-25H,22-23,26-27H2.